The Morgan fingerprint density at radius 2 is 1.67 bits per heavy atom. The number of rotatable bonds is 5. The second kappa shape index (κ2) is 8.77. The maximum absolute atomic E-state index is 13.6. The molecular weight excluding hydrogens is 348 g/mol. The fraction of sp³-hybridized carbons (Fsp3) is 0.286. The molecule has 3 rings (SSSR count). The van der Waals surface area contributed by atoms with Crippen molar-refractivity contribution in [3.63, 3.8) is 0 Å². The third-order valence-corrected chi connectivity index (χ3v) is 4.72. The van der Waals surface area contributed by atoms with E-state index >= 15 is 0 Å². The number of nitrogens with zero attached hydrogens (tertiary/aromatic N) is 2. The fourth-order valence-corrected chi connectivity index (χ4v) is 3.09. The number of likely N-dealkylation sites (N-methyl/N-ethyl adjacent to an activating group) is 1. The summed E-state index contributed by atoms with van der Waals surface area (Å²) in [4.78, 5) is 16.7. The molecule has 27 heavy (non-hydrogen) atoms. The fourth-order valence-electron chi connectivity index (χ4n) is 3.09. The SMILES string of the molecule is CCN1CCN(c2ccc(NC(=O)C=Cc3c(F)cccc3F)cc2)CC1. The van der Waals surface area contributed by atoms with Crippen molar-refractivity contribution in [1.29, 1.82) is 0 Å². The number of benzene rings is 2. The standard InChI is InChI=1S/C21H23F2N3O/c1-2-25-12-14-26(15-13-25)17-8-6-16(7-9-17)24-21(27)11-10-18-19(22)4-3-5-20(18)23/h3-11H,2,12-15H2,1H3,(H,24,27). The molecule has 0 atom stereocenters. The zero-order valence-electron chi connectivity index (χ0n) is 15.3. The van der Waals surface area contributed by atoms with Gasteiger partial charge in [-0.2, -0.15) is 0 Å². The summed E-state index contributed by atoms with van der Waals surface area (Å²) in [6.45, 7) is 7.30. The second-order valence-corrected chi connectivity index (χ2v) is 6.43. The van der Waals surface area contributed by atoms with Crippen LogP contribution in [0.2, 0.25) is 0 Å². The topological polar surface area (TPSA) is 35.6 Å². The van der Waals surface area contributed by atoms with E-state index < -0.39 is 17.5 Å². The summed E-state index contributed by atoms with van der Waals surface area (Å²) in [7, 11) is 0. The van der Waals surface area contributed by atoms with Crippen LogP contribution in [0.4, 0.5) is 20.2 Å². The number of anilines is 2. The van der Waals surface area contributed by atoms with Crippen molar-refractivity contribution in [3.05, 3.63) is 65.7 Å². The first-order chi connectivity index (χ1) is 13.1. The van der Waals surface area contributed by atoms with Crippen molar-refractivity contribution in [2.75, 3.05) is 42.9 Å². The Hall–Kier alpha value is -2.73. The highest BCUT2D eigenvalue weighted by Gasteiger charge is 2.15. The van der Waals surface area contributed by atoms with Gasteiger partial charge >= 0.3 is 0 Å². The number of hydrogen-bond donors (Lipinski definition) is 1. The molecule has 2 aromatic rings. The van der Waals surface area contributed by atoms with E-state index in [-0.39, 0.29) is 5.56 Å². The van der Waals surface area contributed by atoms with Crippen LogP contribution >= 0.6 is 0 Å². The number of carbonyl (C=O) groups excluding carboxylic acids is 1. The lowest BCUT2D eigenvalue weighted by Crippen LogP contribution is -2.46. The van der Waals surface area contributed by atoms with Gasteiger partial charge in [0.1, 0.15) is 11.6 Å². The minimum absolute atomic E-state index is 0.228. The molecule has 1 N–H and O–H groups in total. The van der Waals surface area contributed by atoms with E-state index in [0.717, 1.165) is 62.7 Å². The molecule has 1 aliphatic rings. The third-order valence-electron chi connectivity index (χ3n) is 4.72. The van der Waals surface area contributed by atoms with Crippen LogP contribution in [0.3, 0.4) is 0 Å². The van der Waals surface area contributed by atoms with E-state index in [1.807, 2.05) is 24.3 Å². The van der Waals surface area contributed by atoms with E-state index in [1.54, 1.807) is 0 Å². The average Bonchev–Trinajstić information content (AvgIpc) is 2.68. The largest absolute Gasteiger partial charge is 0.369 e. The van der Waals surface area contributed by atoms with Gasteiger partial charge in [0.2, 0.25) is 5.91 Å². The molecule has 0 spiro atoms. The minimum atomic E-state index is -0.702. The normalized spacial score (nSPS) is 15.3. The maximum Gasteiger partial charge on any atom is 0.248 e. The lowest BCUT2D eigenvalue weighted by atomic mass is 10.2. The number of carbonyl (C=O) groups is 1. The summed E-state index contributed by atoms with van der Waals surface area (Å²) in [5.74, 6) is -1.85. The summed E-state index contributed by atoms with van der Waals surface area (Å²) in [5.41, 5.74) is 1.52. The zero-order chi connectivity index (χ0) is 19.2. The van der Waals surface area contributed by atoms with E-state index in [4.69, 9.17) is 0 Å². The van der Waals surface area contributed by atoms with Crippen LogP contribution in [0.5, 0.6) is 0 Å². The second-order valence-electron chi connectivity index (χ2n) is 6.43. The molecule has 1 aliphatic heterocycles. The molecule has 1 amide bonds. The Bertz CT molecular complexity index is 792. The molecule has 4 nitrogen and oxygen atoms in total. The zero-order valence-corrected chi connectivity index (χ0v) is 15.3. The monoisotopic (exact) mass is 371 g/mol. The van der Waals surface area contributed by atoms with E-state index in [1.165, 1.54) is 6.07 Å². The molecule has 0 saturated carbocycles. The van der Waals surface area contributed by atoms with Crippen molar-refractivity contribution >= 4 is 23.4 Å². The summed E-state index contributed by atoms with van der Waals surface area (Å²) in [6.07, 6.45) is 2.26. The molecule has 0 aliphatic carbocycles. The quantitative estimate of drug-likeness (QED) is 0.813. The Balaban J connectivity index is 1.58. The highest BCUT2D eigenvalue weighted by Crippen LogP contribution is 2.20. The Morgan fingerprint density at radius 1 is 1.04 bits per heavy atom. The smallest absolute Gasteiger partial charge is 0.248 e. The molecular formula is C21H23F2N3O. The van der Waals surface area contributed by atoms with Crippen LogP contribution < -0.4 is 10.2 Å². The molecule has 0 aromatic heterocycles. The van der Waals surface area contributed by atoms with Gasteiger partial charge < -0.3 is 15.1 Å². The predicted octanol–water partition coefficient (Wildman–Crippen LogP) is 3.76. The molecule has 0 bridgehead atoms. The van der Waals surface area contributed by atoms with Gasteiger partial charge in [0.15, 0.2) is 0 Å². The number of hydrogen-bond acceptors (Lipinski definition) is 3. The van der Waals surface area contributed by atoms with Gasteiger partial charge in [0.25, 0.3) is 0 Å². The van der Waals surface area contributed by atoms with Crippen molar-refractivity contribution in [3.8, 4) is 0 Å². The molecule has 1 fully saturated rings. The van der Waals surface area contributed by atoms with E-state index in [9.17, 15) is 13.6 Å². The van der Waals surface area contributed by atoms with Crippen LogP contribution in [-0.2, 0) is 4.79 Å². The first kappa shape index (κ1) is 19.0. The van der Waals surface area contributed by atoms with Crippen molar-refractivity contribution in [2.45, 2.75) is 6.92 Å². The highest BCUT2D eigenvalue weighted by atomic mass is 19.1. The molecule has 1 saturated heterocycles. The summed E-state index contributed by atoms with van der Waals surface area (Å²) < 4.78 is 27.1. The summed E-state index contributed by atoms with van der Waals surface area (Å²) in [6, 6.07) is 11.2. The molecule has 1 heterocycles. The third kappa shape index (κ3) is 4.92. The van der Waals surface area contributed by atoms with Crippen LogP contribution in [0.15, 0.2) is 48.5 Å². The first-order valence-electron chi connectivity index (χ1n) is 9.07. The van der Waals surface area contributed by atoms with Crippen molar-refractivity contribution in [1.82, 2.24) is 4.90 Å². The lowest BCUT2D eigenvalue weighted by molar-refractivity contribution is -0.111. The lowest BCUT2D eigenvalue weighted by Gasteiger charge is -2.35. The van der Waals surface area contributed by atoms with Gasteiger partial charge in [0, 0.05) is 49.2 Å². The van der Waals surface area contributed by atoms with Crippen LogP contribution in [0.25, 0.3) is 6.08 Å². The predicted molar refractivity (Wildman–Crippen MR) is 105 cm³/mol. The number of amides is 1. The van der Waals surface area contributed by atoms with Crippen LogP contribution in [-0.4, -0.2) is 43.5 Å². The molecule has 0 unspecified atom stereocenters. The molecule has 0 radical (unpaired) electrons. The van der Waals surface area contributed by atoms with Crippen molar-refractivity contribution < 1.29 is 13.6 Å². The Labute approximate surface area is 158 Å². The van der Waals surface area contributed by atoms with E-state index in [0.29, 0.717) is 5.69 Å². The average molecular weight is 371 g/mol. The van der Waals surface area contributed by atoms with Gasteiger partial charge in [-0.1, -0.05) is 13.0 Å². The summed E-state index contributed by atoms with van der Waals surface area (Å²) >= 11 is 0. The van der Waals surface area contributed by atoms with Gasteiger partial charge in [-0.25, -0.2) is 8.78 Å². The molecule has 142 valence electrons. The van der Waals surface area contributed by atoms with Gasteiger partial charge in [-0.3, -0.25) is 4.79 Å². The highest BCUT2D eigenvalue weighted by molar-refractivity contribution is 6.02. The Morgan fingerprint density at radius 3 is 2.26 bits per heavy atom. The maximum atomic E-state index is 13.6. The first-order valence-corrected chi connectivity index (χ1v) is 9.07. The molecule has 2 aromatic carbocycles. The van der Waals surface area contributed by atoms with Gasteiger partial charge in [-0.15, -0.1) is 0 Å². The number of nitrogens with one attached hydrogen (secondary N) is 1. The van der Waals surface area contributed by atoms with Gasteiger partial charge in [-0.05, 0) is 49.0 Å². The Kier molecular flexibility index (Phi) is 6.19. The summed E-state index contributed by atoms with van der Waals surface area (Å²) in [5, 5.41) is 2.70. The van der Waals surface area contributed by atoms with Gasteiger partial charge in [0.05, 0.1) is 0 Å². The minimum Gasteiger partial charge on any atom is -0.369 e. The number of halogens is 2. The van der Waals surface area contributed by atoms with Crippen LogP contribution in [0.1, 0.15) is 12.5 Å². The van der Waals surface area contributed by atoms with Crippen molar-refractivity contribution in [2.24, 2.45) is 0 Å². The molecule has 6 heteroatoms. The van der Waals surface area contributed by atoms with Crippen LogP contribution in [0, 0.1) is 11.6 Å². The number of piperazine rings is 1. The van der Waals surface area contributed by atoms with E-state index in [2.05, 4.69) is 22.0 Å².